The Labute approximate surface area is 114 Å². The number of aliphatic carboxylic acids is 1. The summed E-state index contributed by atoms with van der Waals surface area (Å²) in [7, 11) is 0. The van der Waals surface area contributed by atoms with E-state index in [9.17, 15) is 4.79 Å². The minimum atomic E-state index is -0.593. The van der Waals surface area contributed by atoms with Crippen LogP contribution in [0.25, 0.3) is 0 Å². The third kappa shape index (κ3) is 3.50. The van der Waals surface area contributed by atoms with Crippen LogP contribution in [0.15, 0.2) is 11.6 Å². The minimum Gasteiger partial charge on any atom is -0.481 e. The number of rotatable bonds is 3. The van der Waals surface area contributed by atoms with Gasteiger partial charge in [-0.05, 0) is 69.1 Å². The predicted molar refractivity (Wildman–Crippen MR) is 73.5 cm³/mol. The van der Waals surface area contributed by atoms with E-state index in [2.05, 4.69) is 6.08 Å². The molecule has 0 saturated heterocycles. The number of allylic oxidation sites excluding steroid dienone is 1. The Balaban J connectivity index is 1.76. The lowest BCUT2D eigenvalue weighted by Crippen LogP contribution is -2.27. The maximum absolute atomic E-state index is 10.9. The molecule has 0 heterocycles. The molecule has 2 saturated carbocycles. The van der Waals surface area contributed by atoms with E-state index in [1.807, 2.05) is 0 Å². The first-order chi connectivity index (χ1) is 8.70. The van der Waals surface area contributed by atoms with Crippen LogP contribution in [0.3, 0.4) is 0 Å². The monoisotopic (exact) mass is 270 g/mol. The van der Waals surface area contributed by atoms with Gasteiger partial charge < -0.3 is 5.11 Å². The summed E-state index contributed by atoms with van der Waals surface area (Å²) < 4.78 is 0. The van der Waals surface area contributed by atoms with E-state index in [-0.39, 0.29) is 5.92 Å². The maximum atomic E-state index is 10.9. The molecule has 0 aliphatic heterocycles. The summed E-state index contributed by atoms with van der Waals surface area (Å²) in [4.78, 5) is 10.9. The van der Waals surface area contributed by atoms with Crippen LogP contribution in [0.4, 0.5) is 0 Å². The molecule has 0 aromatic carbocycles. The summed E-state index contributed by atoms with van der Waals surface area (Å²) in [5.41, 5.74) is 1.66. The standard InChI is InChI=1S/C15H23ClO2/c16-10-9-11-1-3-12(4-2-11)13-5-7-14(8-6-13)15(17)18/h9-14H,1-8H2,(H,17,18)/b10-9+/t11?,12?,13-,14-. The van der Waals surface area contributed by atoms with E-state index < -0.39 is 5.97 Å². The fourth-order valence-electron chi connectivity index (χ4n) is 3.75. The third-order valence-corrected chi connectivity index (χ3v) is 5.09. The van der Waals surface area contributed by atoms with Crippen LogP contribution in [-0.2, 0) is 4.79 Å². The van der Waals surface area contributed by atoms with Crippen molar-refractivity contribution in [3.63, 3.8) is 0 Å². The van der Waals surface area contributed by atoms with Gasteiger partial charge in [-0.25, -0.2) is 0 Å². The number of carboxylic acids is 1. The van der Waals surface area contributed by atoms with E-state index in [1.54, 1.807) is 5.54 Å². The molecule has 0 amide bonds. The lowest BCUT2D eigenvalue weighted by molar-refractivity contribution is -0.143. The van der Waals surface area contributed by atoms with Crippen LogP contribution >= 0.6 is 11.6 Å². The zero-order chi connectivity index (χ0) is 13.0. The van der Waals surface area contributed by atoms with Crippen molar-refractivity contribution in [3.05, 3.63) is 11.6 Å². The number of hydrogen-bond donors (Lipinski definition) is 1. The fraction of sp³-hybridized carbons (Fsp3) is 0.800. The molecule has 2 fully saturated rings. The normalized spacial score (nSPS) is 37.8. The molecule has 3 heteroatoms. The minimum absolute atomic E-state index is 0.0724. The number of carbonyl (C=O) groups is 1. The van der Waals surface area contributed by atoms with Gasteiger partial charge in [0.1, 0.15) is 0 Å². The van der Waals surface area contributed by atoms with Crippen LogP contribution in [0.5, 0.6) is 0 Å². The summed E-state index contributed by atoms with van der Waals surface area (Å²) in [6.45, 7) is 0. The third-order valence-electron chi connectivity index (χ3n) is 4.95. The van der Waals surface area contributed by atoms with Crippen LogP contribution < -0.4 is 0 Å². The molecule has 0 unspecified atom stereocenters. The van der Waals surface area contributed by atoms with Crippen LogP contribution in [-0.4, -0.2) is 11.1 Å². The van der Waals surface area contributed by atoms with Crippen molar-refractivity contribution in [2.24, 2.45) is 23.7 Å². The molecule has 0 atom stereocenters. The molecule has 0 radical (unpaired) electrons. The molecule has 0 spiro atoms. The highest BCUT2D eigenvalue weighted by Crippen LogP contribution is 2.41. The van der Waals surface area contributed by atoms with Gasteiger partial charge in [-0.15, -0.1) is 0 Å². The van der Waals surface area contributed by atoms with Gasteiger partial charge >= 0.3 is 5.97 Å². The highest BCUT2D eigenvalue weighted by Gasteiger charge is 2.32. The Hall–Kier alpha value is -0.500. The summed E-state index contributed by atoms with van der Waals surface area (Å²) in [6.07, 6.45) is 11.3. The molecule has 2 rings (SSSR count). The van der Waals surface area contributed by atoms with E-state index in [0.29, 0.717) is 5.92 Å². The van der Waals surface area contributed by atoms with Crippen molar-refractivity contribution in [1.29, 1.82) is 0 Å². The van der Waals surface area contributed by atoms with Gasteiger partial charge in [-0.2, -0.15) is 0 Å². The fourth-order valence-corrected chi connectivity index (χ4v) is 3.95. The first kappa shape index (κ1) is 13.9. The van der Waals surface area contributed by atoms with Gasteiger partial charge in [-0.1, -0.05) is 17.7 Å². The number of carboxylic acid groups (broad SMARTS) is 1. The molecule has 0 aromatic rings. The van der Waals surface area contributed by atoms with Gasteiger partial charge in [0, 0.05) is 5.54 Å². The summed E-state index contributed by atoms with van der Waals surface area (Å²) in [6, 6.07) is 0. The summed E-state index contributed by atoms with van der Waals surface area (Å²) >= 11 is 5.63. The first-order valence-electron chi connectivity index (χ1n) is 7.20. The molecule has 2 nitrogen and oxygen atoms in total. The summed E-state index contributed by atoms with van der Waals surface area (Å²) in [5, 5.41) is 9.01. The van der Waals surface area contributed by atoms with E-state index >= 15 is 0 Å². The molecule has 2 aliphatic rings. The highest BCUT2D eigenvalue weighted by molar-refractivity contribution is 6.25. The van der Waals surface area contributed by atoms with E-state index in [1.165, 1.54) is 25.7 Å². The first-order valence-corrected chi connectivity index (χ1v) is 7.64. The van der Waals surface area contributed by atoms with Crippen molar-refractivity contribution < 1.29 is 9.90 Å². The highest BCUT2D eigenvalue weighted by atomic mass is 35.5. The molecular formula is C15H23ClO2. The van der Waals surface area contributed by atoms with Gasteiger partial charge in [-0.3, -0.25) is 4.79 Å². The van der Waals surface area contributed by atoms with Crippen LogP contribution in [0.2, 0.25) is 0 Å². The van der Waals surface area contributed by atoms with Gasteiger partial charge in [0.05, 0.1) is 5.92 Å². The van der Waals surface area contributed by atoms with Gasteiger partial charge in [0.2, 0.25) is 0 Å². The second-order valence-corrected chi connectivity index (χ2v) is 6.20. The predicted octanol–water partition coefficient (Wildman–Crippen LogP) is 4.44. The lowest BCUT2D eigenvalue weighted by atomic mass is 9.69. The molecule has 2 aliphatic carbocycles. The van der Waals surface area contributed by atoms with Crippen molar-refractivity contribution in [1.82, 2.24) is 0 Å². The van der Waals surface area contributed by atoms with E-state index in [0.717, 1.165) is 37.5 Å². The van der Waals surface area contributed by atoms with Gasteiger partial charge in [0.25, 0.3) is 0 Å². The topological polar surface area (TPSA) is 37.3 Å². The average molecular weight is 271 g/mol. The summed E-state index contributed by atoms with van der Waals surface area (Å²) in [5.74, 6) is 1.62. The Kier molecular flexibility index (Phi) is 5.11. The zero-order valence-electron chi connectivity index (χ0n) is 10.9. The number of halogens is 1. The van der Waals surface area contributed by atoms with Crippen LogP contribution in [0, 0.1) is 23.7 Å². The van der Waals surface area contributed by atoms with Crippen molar-refractivity contribution in [2.75, 3.05) is 0 Å². The SMILES string of the molecule is O=C(O)[C@H]1CC[C@H](C2CCC(/C=C/Cl)CC2)CC1. The zero-order valence-corrected chi connectivity index (χ0v) is 11.6. The lowest BCUT2D eigenvalue weighted by Gasteiger charge is -2.36. The molecular weight excluding hydrogens is 248 g/mol. The van der Waals surface area contributed by atoms with Crippen LogP contribution in [0.1, 0.15) is 51.4 Å². The quantitative estimate of drug-likeness (QED) is 0.823. The van der Waals surface area contributed by atoms with Crippen molar-refractivity contribution in [2.45, 2.75) is 51.4 Å². The Morgan fingerprint density at radius 2 is 1.44 bits per heavy atom. The maximum Gasteiger partial charge on any atom is 0.306 e. The molecule has 0 aromatic heterocycles. The second kappa shape index (κ2) is 6.60. The Morgan fingerprint density at radius 3 is 1.89 bits per heavy atom. The Morgan fingerprint density at radius 1 is 0.944 bits per heavy atom. The van der Waals surface area contributed by atoms with Crippen molar-refractivity contribution in [3.8, 4) is 0 Å². The largest absolute Gasteiger partial charge is 0.481 e. The second-order valence-electron chi connectivity index (χ2n) is 5.94. The molecule has 0 bridgehead atoms. The average Bonchev–Trinajstić information content (AvgIpc) is 2.40. The number of hydrogen-bond acceptors (Lipinski definition) is 1. The van der Waals surface area contributed by atoms with Gasteiger partial charge in [0.15, 0.2) is 0 Å². The molecule has 102 valence electrons. The van der Waals surface area contributed by atoms with E-state index in [4.69, 9.17) is 16.7 Å². The smallest absolute Gasteiger partial charge is 0.306 e. The molecule has 1 N–H and O–H groups in total. The van der Waals surface area contributed by atoms with Crippen molar-refractivity contribution >= 4 is 17.6 Å². The Bertz CT molecular complexity index is 298. The molecule has 18 heavy (non-hydrogen) atoms.